The molecule has 3 aromatic rings. The molecule has 0 bridgehead atoms. The van der Waals surface area contributed by atoms with Crippen LogP contribution in [0.5, 0.6) is 0 Å². The molecule has 3 rings (SSSR count). The Morgan fingerprint density at radius 2 is 2.08 bits per heavy atom. The monoisotopic (exact) mass is 356 g/mol. The number of aromatic nitrogens is 6. The number of allylic oxidation sites excluding steroid dienone is 1. The number of nitrogens with zero attached hydrogens (tertiary/aromatic N) is 6. The van der Waals surface area contributed by atoms with Gasteiger partial charge in [-0.2, -0.15) is 4.98 Å². The largest absolute Gasteiger partial charge is 0.338 e. The predicted molar refractivity (Wildman–Crippen MR) is 95.9 cm³/mol. The van der Waals surface area contributed by atoms with Gasteiger partial charge in [-0.15, -0.1) is 16.8 Å². The highest BCUT2D eigenvalue weighted by molar-refractivity contribution is 7.98. The van der Waals surface area contributed by atoms with Gasteiger partial charge in [-0.25, -0.2) is 0 Å². The molecule has 0 spiro atoms. The summed E-state index contributed by atoms with van der Waals surface area (Å²) in [7, 11) is 0. The molecular weight excluding hydrogens is 336 g/mol. The lowest BCUT2D eigenvalue weighted by Gasteiger charge is -2.06. The van der Waals surface area contributed by atoms with E-state index in [0.717, 1.165) is 28.8 Å². The molecule has 0 saturated carbocycles. The number of thioether (sulfide) groups is 1. The highest BCUT2D eigenvalue weighted by Crippen LogP contribution is 2.26. The van der Waals surface area contributed by atoms with Crippen LogP contribution in [-0.4, -0.2) is 29.9 Å². The summed E-state index contributed by atoms with van der Waals surface area (Å²) in [5, 5.41) is 13.4. The summed E-state index contributed by atoms with van der Waals surface area (Å²) in [6.45, 7) is 8.70. The summed E-state index contributed by atoms with van der Waals surface area (Å²) in [6.07, 6.45) is 6.12. The molecule has 0 aliphatic heterocycles. The summed E-state index contributed by atoms with van der Waals surface area (Å²) >= 11 is 1.52. The molecule has 0 unspecified atom stereocenters. The summed E-state index contributed by atoms with van der Waals surface area (Å²) < 4.78 is 7.32. The molecule has 0 aliphatic rings. The third-order valence-electron chi connectivity index (χ3n) is 3.39. The molecule has 8 heteroatoms. The molecule has 0 atom stereocenters. The van der Waals surface area contributed by atoms with E-state index < -0.39 is 0 Å². The zero-order valence-corrected chi connectivity index (χ0v) is 15.1. The highest BCUT2D eigenvalue weighted by atomic mass is 32.2. The van der Waals surface area contributed by atoms with Gasteiger partial charge in [0, 0.05) is 30.9 Å². The minimum Gasteiger partial charge on any atom is -0.338 e. The van der Waals surface area contributed by atoms with E-state index in [1.807, 2.05) is 22.8 Å². The zero-order chi connectivity index (χ0) is 17.6. The fourth-order valence-electron chi connectivity index (χ4n) is 2.33. The van der Waals surface area contributed by atoms with Crippen molar-refractivity contribution < 1.29 is 4.52 Å². The van der Waals surface area contributed by atoms with Gasteiger partial charge >= 0.3 is 0 Å². The molecule has 0 radical (unpaired) electrons. The third kappa shape index (κ3) is 4.33. The standard InChI is InChI=1S/C17H20N6OS/c1-4-9-23-16(13-5-7-18-8-6-13)20-21-17(23)25-11-15-19-14(22-24-15)10-12(2)3/h4-8,12H,1,9-11H2,2-3H3. The lowest BCUT2D eigenvalue weighted by Crippen LogP contribution is -2.01. The second-order valence-electron chi connectivity index (χ2n) is 5.93. The van der Waals surface area contributed by atoms with Crippen molar-refractivity contribution in [2.45, 2.75) is 37.7 Å². The van der Waals surface area contributed by atoms with Crippen LogP contribution < -0.4 is 0 Å². The van der Waals surface area contributed by atoms with Crippen molar-refractivity contribution in [1.82, 2.24) is 29.9 Å². The van der Waals surface area contributed by atoms with Gasteiger partial charge in [-0.1, -0.05) is 36.8 Å². The molecule has 25 heavy (non-hydrogen) atoms. The van der Waals surface area contributed by atoms with Crippen molar-refractivity contribution in [2.24, 2.45) is 5.92 Å². The SMILES string of the molecule is C=CCn1c(SCc2nc(CC(C)C)no2)nnc1-c1ccncc1. The molecular formula is C17H20N6OS. The first kappa shape index (κ1) is 17.3. The fraction of sp³-hybridized carbons (Fsp3) is 0.353. The summed E-state index contributed by atoms with van der Waals surface area (Å²) in [5.41, 5.74) is 0.966. The lowest BCUT2D eigenvalue weighted by molar-refractivity contribution is 0.382. The van der Waals surface area contributed by atoms with Crippen LogP contribution in [0.2, 0.25) is 0 Å². The topological polar surface area (TPSA) is 82.5 Å². The molecule has 0 aliphatic carbocycles. The first-order chi connectivity index (χ1) is 12.2. The number of hydrogen-bond donors (Lipinski definition) is 0. The second kappa shape index (κ2) is 8.06. The van der Waals surface area contributed by atoms with E-state index in [-0.39, 0.29) is 0 Å². The average Bonchev–Trinajstić information content (AvgIpc) is 3.20. The van der Waals surface area contributed by atoms with E-state index in [1.165, 1.54) is 11.8 Å². The Kier molecular flexibility index (Phi) is 5.60. The van der Waals surface area contributed by atoms with Crippen molar-refractivity contribution in [2.75, 3.05) is 0 Å². The van der Waals surface area contributed by atoms with Crippen LogP contribution in [0.3, 0.4) is 0 Å². The van der Waals surface area contributed by atoms with Crippen LogP contribution in [0.1, 0.15) is 25.6 Å². The first-order valence-electron chi connectivity index (χ1n) is 8.06. The number of hydrogen-bond acceptors (Lipinski definition) is 7. The lowest BCUT2D eigenvalue weighted by atomic mass is 10.1. The van der Waals surface area contributed by atoms with Crippen molar-refractivity contribution in [3.63, 3.8) is 0 Å². The Bertz CT molecular complexity index is 827. The first-order valence-corrected chi connectivity index (χ1v) is 9.04. The molecule has 130 valence electrons. The van der Waals surface area contributed by atoms with E-state index in [2.05, 4.69) is 45.7 Å². The van der Waals surface area contributed by atoms with Crippen LogP contribution in [0.25, 0.3) is 11.4 Å². The van der Waals surface area contributed by atoms with Crippen LogP contribution >= 0.6 is 11.8 Å². The van der Waals surface area contributed by atoms with Gasteiger partial charge in [0.1, 0.15) is 0 Å². The van der Waals surface area contributed by atoms with Crippen LogP contribution in [-0.2, 0) is 18.7 Å². The van der Waals surface area contributed by atoms with Crippen molar-refractivity contribution in [3.05, 3.63) is 48.9 Å². The quantitative estimate of drug-likeness (QED) is 0.452. The summed E-state index contributed by atoms with van der Waals surface area (Å²) in [6, 6.07) is 3.82. The molecule has 7 nitrogen and oxygen atoms in total. The summed E-state index contributed by atoms with van der Waals surface area (Å²) in [4.78, 5) is 8.46. The Balaban J connectivity index is 1.75. The second-order valence-corrected chi connectivity index (χ2v) is 6.87. The molecule has 0 amide bonds. The van der Waals surface area contributed by atoms with Gasteiger partial charge in [0.15, 0.2) is 16.8 Å². The van der Waals surface area contributed by atoms with E-state index in [1.54, 1.807) is 12.4 Å². The Hall–Kier alpha value is -2.48. The van der Waals surface area contributed by atoms with Gasteiger partial charge in [0.2, 0.25) is 5.89 Å². The van der Waals surface area contributed by atoms with Crippen molar-refractivity contribution in [3.8, 4) is 11.4 Å². The fourth-order valence-corrected chi connectivity index (χ4v) is 3.11. The van der Waals surface area contributed by atoms with Crippen LogP contribution in [0.4, 0.5) is 0 Å². The van der Waals surface area contributed by atoms with Gasteiger partial charge in [-0.3, -0.25) is 9.55 Å². The Morgan fingerprint density at radius 3 is 2.80 bits per heavy atom. The molecule has 3 aromatic heterocycles. The smallest absolute Gasteiger partial charge is 0.237 e. The average molecular weight is 356 g/mol. The Morgan fingerprint density at radius 1 is 1.28 bits per heavy atom. The molecule has 0 aromatic carbocycles. The zero-order valence-electron chi connectivity index (χ0n) is 14.3. The minimum atomic E-state index is 0.497. The van der Waals surface area contributed by atoms with E-state index >= 15 is 0 Å². The molecule has 0 saturated heterocycles. The van der Waals surface area contributed by atoms with Crippen molar-refractivity contribution in [1.29, 1.82) is 0 Å². The van der Waals surface area contributed by atoms with Crippen molar-refractivity contribution >= 4 is 11.8 Å². The van der Waals surface area contributed by atoms with Gasteiger partial charge in [-0.05, 0) is 18.1 Å². The maximum absolute atomic E-state index is 5.31. The maximum atomic E-state index is 5.31. The van der Waals surface area contributed by atoms with E-state index in [4.69, 9.17) is 4.52 Å². The van der Waals surface area contributed by atoms with E-state index in [0.29, 0.717) is 24.1 Å². The molecule has 3 heterocycles. The number of pyridine rings is 1. The normalized spacial score (nSPS) is 11.2. The third-order valence-corrected chi connectivity index (χ3v) is 4.34. The maximum Gasteiger partial charge on any atom is 0.237 e. The van der Waals surface area contributed by atoms with Gasteiger partial charge < -0.3 is 4.52 Å². The van der Waals surface area contributed by atoms with Gasteiger partial charge in [0.25, 0.3) is 0 Å². The molecule has 0 fully saturated rings. The van der Waals surface area contributed by atoms with E-state index in [9.17, 15) is 0 Å². The highest BCUT2D eigenvalue weighted by Gasteiger charge is 2.15. The number of rotatable bonds is 8. The Labute approximate surface area is 150 Å². The summed E-state index contributed by atoms with van der Waals surface area (Å²) in [5.74, 6) is 3.18. The van der Waals surface area contributed by atoms with Crippen LogP contribution in [0.15, 0.2) is 46.9 Å². The minimum absolute atomic E-state index is 0.497. The molecule has 0 N–H and O–H groups in total. The van der Waals surface area contributed by atoms with Crippen LogP contribution in [0, 0.1) is 5.92 Å². The predicted octanol–water partition coefficient (Wildman–Crippen LogP) is 3.40. The van der Waals surface area contributed by atoms with Gasteiger partial charge in [0.05, 0.1) is 5.75 Å².